The van der Waals surface area contributed by atoms with Gasteiger partial charge in [-0.15, -0.1) is 0 Å². The van der Waals surface area contributed by atoms with Gasteiger partial charge in [-0.25, -0.2) is 4.98 Å². The average Bonchev–Trinajstić information content (AvgIpc) is 2.46. The van der Waals surface area contributed by atoms with Gasteiger partial charge in [0.1, 0.15) is 11.6 Å². The van der Waals surface area contributed by atoms with Crippen molar-refractivity contribution >= 4 is 11.6 Å². The largest absolute Gasteiger partial charge is 0.369 e. The van der Waals surface area contributed by atoms with E-state index in [0.29, 0.717) is 0 Å². The molecular formula is C16H22N4. The normalized spacial score (nSPS) is 10.3. The monoisotopic (exact) mass is 270 g/mol. The second kappa shape index (κ2) is 7.48. The van der Waals surface area contributed by atoms with Gasteiger partial charge in [-0.2, -0.15) is 0 Å². The third-order valence-electron chi connectivity index (χ3n) is 2.99. The number of hydrogen-bond acceptors (Lipinski definition) is 4. The van der Waals surface area contributed by atoms with Crippen LogP contribution in [0.3, 0.4) is 0 Å². The number of aromatic nitrogens is 2. The Morgan fingerprint density at radius 3 is 2.50 bits per heavy atom. The number of anilines is 2. The minimum absolute atomic E-state index is 0.818. The number of hydrogen-bond donors (Lipinski definition) is 2. The summed E-state index contributed by atoms with van der Waals surface area (Å²) < 4.78 is 0. The van der Waals surface area contributed by atoms with Crippen molar-refractivity contribution < 1.29 is 0 Å². The van der Waals surface area contributed by atoms with E-state index in [9.17, 15) is 0 Å². The summed E-state index contributed by atoms with van der Waals surface area (Å²) in [5, 5.41) is 6.55. The van der Waals surface area contributed by atoms with Gasteiger partial charge in [-0.1, -0.05) is 36.8 Å². The van der Waals surface area contributed by atoms with Gasteiger partial charge in [-0.3, -0.25) is 4.98 Å². The van der Waals surface area contributed by atoms with E-state index in [0.717, 1.165) is 37.6 Å². The van der Waals surface area contributed by atoms with Crippen molar-refractivity contribution in [3.63, 3.8) is 0 Å². The molecule has 0 fully saturated rings. The van der Waals surface area contributed by atoms with E-state index in [-0.39, 0.29) is 0 Å². The fraction of sp³-hybridized carbons (Fsp3) is 0.375. The molecule has 0 bridgehead atoms. The number of nitrogens with one attached hydrogen (secondary N) is 2. The van der Waals surface area contributed by atoms with E-state index in [2.05, 4.69) is 58.7 Å². The first-order valence-electron chi connectivity index (χ1n) is 7.13. The van der Waals surface area contributed by atoms with Crippen LogP contribution >= 0.6 is 0 Å². The number of aryl methyl sites for hydroxylation is 1. The zero-order valence-corrected chi connectivity index (χ0v) is 12.2. The van der Waals surface area contributed by atoms with Crippen molar-refractivity contribution in [1.29, 1.82) is 0 Å². The molecule has 1 aromatic carbocycles. The maximum atomic E-state index is 4.47. The van der Waals surface area contributed by atoms with E-state index in [1.165, 1.54) is 11.1 Å². The summed E-state index contributed by atoms with van der Waals surface area (Å²) in [4.78, 5) is 8.66. The van der Waals surface area contributed by atoms with Gasteiger partial charge in [0.25, 0.3) is 0 Å². The molecule has 0 aliphatic heterocycles. The van der Waals surface area contributed by atoms with Crippen LogP contribution in [0.4, 0.5) is 11.6 Å². The van der Waals surface area contributed by atoms with Crippen molar-refractivity contribution in [2.75, 3.05) is 23.7 Å². The van der Waals surface area contributed by atoms with Crippen LogP contribution in [-0.4, -0.2) is 23.1 Å². The fourth-order valence-electron chi connectivity index (χ4n) is 1.99. The second-order valence-corrected chi connectivity index (χ2v) is 4.88. The summed E-state index contributed by atoms with van der Waals surface area (Å²) in [6.45, 7) is 6.02. The third kappa shape index (κ3) is 4.53. The van der Waals surface area contributed by atoms with Gasteiger partial charge >= 0.3 is 0 Å². The highest BCUT2D eigenvalue weighted by Crippen LogP contribution is 2.08. The molecule has 106 valence electrons. The molecule has 0 saturated heterocycles. The zero-order valence-electron chi connectivity index (χ0n) is 12.2. The summed E-state index contributed by atoms with van der Waals surface area (Å²) in [7, 11) is 0. The minimum atomic E-state index is 0.818. The Morgan fingerprint density at radius 1 is 1.05 bits per heavy atom. The van der Waals surface area contributed by atoms with Crippen LogP contribution in [0.5, 0.6) is 0 Å². The lowest BCUT2D eigenvalue weighted by molar-refractivity contribution is 0.958. The van der Waals surface area contributed by atoms with Crippen LogP contribution in [0.25, 0.3) is 0 Å². The molecule has 0 aliphatic carbocycles. The number of nitrogens with zero attached hydrogens (tertiary/aromatic N) is 2. The zero-order chi connectivity index (χ0) is 14.2. The molecule has 4 nitrogen and oxygen atoms in total. The topological polar surface area (TPSA) is 49.8 Å². The van der Waals surface area contributed by atoms with Gasteiger partial charge in [-0.05, 0) is 25.3 Å². The first kappa shape index (κ1) is 14.3. The van der Waals surface area contributed by atoms with Crippen LogP contribution in [0.15, 0.2) is 36.7 Å². The van der Waals surface area contributed by atoms with Crippen molar-refractivity contribution in [2.45, 2.75) is 26.7 Å². The van der Waals surface area contributed by atoms with Gasteiger partial charge in [0, 0.05) is 13.1 Å². The Hall–Kier alpha value is -2.10. The Morgan fingerprint density at radius 2 is 1.80 bits per heavy atom. The van der Waals surface area contributed by atoms with Gasteiger partial charge in [0.05, 0.1) is 12.4 Å². The summed E-state index contributed by atoms with van der Waals surface area (Å²) in [5.41, 5.74) is 2.64. The fourth-order valence-corrected chi connectivity index (χ4v) is 1.99. The molecular weight excluding hydrogens is 248 g/mol. The standard InChI is InChI=1S/C16H22N4/c1-3-8-18-15-11-17-12-16(20-15)19-9-7-14-6-4-5-13(2)10-14/h4-6,10-12H,3,7-9H2,1-2H3,(H2,18,19,20). The maximum absolute atomic E-state index is 4.47. The Labute approximate surface area is 120 Å². The van der Waals surface area contributed by atoms with E-state index >= 15 is 0 Å². The molecule has 0 saturated carbocycles. The molecule has 4 heteroatoms. The predicted molar refractivity (Wildman–Crippen MR) is 84.2 cm³/mol. The molecule has 2 N–H and O–H groups in total. The summed E-state index contributed by atoms with van der Waals surface area (Å²) >= 11 is 0. The van der Waals surface area contributed by atoms with E-state index < -0.39 is 0 Å². The Balaban J connectivity index is 1.84. The molecule has 0 aliphatic rings. The van der Waals surface area contributed by atoms with E-state index in [1.807, 2.05) is 0 Å². The second-order valence-electron chi connectivity index (χ2n) is 4.88. The lowest BCUT2D eigenvalue weighted by Gasteiger charge is -2.08. The quantitative estimate of drug-likeness (QED) is 0.811. The van der Waals surface area contributed by atoms with Crippen molar-refractivity contribution in [3.05, 3.63) is 47.8 Å². The summed E-state index contributed by atoms with van der Waals surface area (Å²) in [6, 6.07) is 8.58. The Bertz CT molecular complexity index is 540. The first-order chi connectivity index (χ1) is 9.78. The number of rotatable bonds is 7. The van der Waals surface area contributed by atoms with Crippen molar-refractivity contribution in [3.8, 4) is 0 Å². The highest BCUT2D eigenvalue weighted by molar-refractivity contribution is 5.41. The highest BCUT2D eigenvalue weighted by atomic mass is 15.1. The smallest absolute Gasteiger partial charge is 0.146 e. The third-order valence-corrected chi connectivity index (χ3v) is 2.99. The predicted octanol–water partition coefficient (Wildman–Crippen LogP) is 3.26. The Kier molecular flexibility index (Phi) is 5.35. The van der Waals surface area contributed by atoms with Crippen LogP contribution < -0.4 is 10.6 Å². The van der Waals surface area contributed by atoms with Crippen LogP contribution in [0.2, 0.25) is 0 Å². The van der Waals surface area contributed by atoms with Crippen LogP contribution in [0, 0.1) is 6.92 Å². The average molecular weight is 270 g/mol. The van der Waals surface area contributed by atoms with Gasteiger partial charge in [0.15, 0.2) is 0 Å². The van der Waals surface area contributed by atoms with Crippen LogP contribution in [-0.2, 0) is 6.42 Å². The summed E-state index contributed by atoms with van der Waals surface area (Å²) in [5.74, 6) is 1.64. The molecule has 0 amide bonds. The SMILES string of the molecule is CCCNc1cncc(NCCc2cccc(C)c2)n1. The molecule has 2 rings (SSSR count). The minimum Gasteiger partial charge on any atom is -0.369 e. The van der Waals surface area contributed by atoms with Crippen molar-refractivity contribution in [2.24, 2.45) is 0 Å². The molecule has 2 aromatic rings. The molecule has 0 spiro atoms. The summed E-state index contributed by atoms with van der Waals surface area (Å²) in [6.07, 6.45) is 5.57. The number of benzene rings is 1. The molecule has 1 aromatic heterocycles. The maximum Gasteiger partial charge on any atom is 0.146 e. The van der Waals surface area contributed by atoms with E-state index in [4.69, 9.17) is 0 Å². The molecule has 0 unspecified atom stereocenters. The van der Waals surface area contributed by atoms with Crippen molar-refractivity contribution in [1.82, 2.24) is 9.97 Å². The highest BCUT2D eigenvalue weighted by Gasteiger charge is 1.98. The lowest BCUT2D eigenvalue weighted by Crippen LogP contribution is -2.09. The van der Waals surface area contributed by atoms with E-state index in [1.54, 1.807) is 12.4 Å². The lowest BCUT2D eigenvalue weighted by atomic mass is 10.1. The molecule has 0 atom stereocenters. The first-order valence-corrected chi connectivity index (χ1v) is 7.13. The van der Waals surface area contributed by atoms with Crippen LogP contribution in [0.1, 0.15) is 24.5 Å². The molecule has 1 heterocycles. The molecule has 0 radical (unpaired) electrons. The molecule has 20 heavy (non-hydrogen) atoms. The van der Waals surface area contributed by atoms with Gasteiger partial charge < -0.3 is 10.6 Å². The van der Waals surface area contributed by atoms with Gasteiger partial charge in [0.2, 0.25) is 0 Å².